The number of hydrogen-bond donors (Lipinski definition) is 1. The molecule has 0 unspecified atom stereocenters. The summed E-state index contributed by atoms with van der Waals surface area (Å²) in [5, 5.41) is 1.17. The second-order valence-corrected chi connectivity index (χ2v) is 4.07. The highest BCUT2D eigenvalue weighted by Gasteiger charge is 2.77. The minimum absolute atomic E-state index is 0.171. The van der Waals surface area contributed by atoms with E-state index < -0.39 is 35.4 Å². The van der Waals surface area contributed by atoms with Crippen molar-refractivity contribution >= 4 is 11.6 Å². The highest BCUT2D eigenvalue weighted by Crippen LogP contribution is 2.46. The van der Waals surface area contributed by atoms with Gasteiger partial charge in [-0.2, -0.15) is 26.3 Å². The molecular formula is C11H7F8NO. The van der Waals surface area contributed by atoms with E-state index in [0.29, 0.717) is 6.07 Å². The molecule has 0 aliphatic rings. The summed E-state index contributed by atoms with van der Waals surface area (Å²) in [5.41, 5.74) is -6.81. The largest absolute Gasteiger partial charge is 0.441 e. The molecule has 0 aliphatic carbocycles. The van der Waals surface area contributed by atoms with E-state index in [9.17, 15) is 39.9 Å². The number of carbonyl (C=O) groups excluding carboxylic acids is 1. The fraction of sp³-hybridized carbons (Fsp3) is 0.364. The van der Waals surface area contributed by atoms with Crippen molar-refractivity contribution in [1.82, 2.24) is 0 Å². The second kappa shape index (κ2) is 5.15. The maximum atomic E-state index is 13.4. The van der Waals surface area contributed by atoms with E-state index in [-0.39, 0.29) is 5.56 Å². The number of amides is 1. The van der Waals surface area contributed by atoms with Gasteiger partial charge in [0.2, 0.25) is 0 Å². The first kappa shape index (κ1) is 17.2. The molecule has 1 N–H and O–H groups in total. The molecule has 1 aromatic rings. The molecule has 0 aliphatic heterocycles. The Morgan fingerprint density at radius 2 is 1.48 bits per heavy atom. The standard InChI is InChI=1S/C11H7F8NO/c1-5-4-6(12)2-3-7(5)20-8(21)9(13,10(14,15)16)11(17,18)19/h2-4H,1H3,(H,20,21). The van der Waals surface area contributed by atoms with E-state index in [1.807, 2.05) is 0 Å². The number of carbonyl (C=O) groups is 1. The molecule has 21 heavy (non-hydrogen) atoms. The van der Waals surface area contributed by atoms with Gasteiger partial charge in [-0.1, -0.05) is 0 Å². The van der Waals surface area contributed by atoms with Crippen LogP contribution in [0.25, 0.3) is 0 Å². The molecule has 0 fully saturated rings. The average molecular weight is 321 g/mol. The summed E-state index contributed by atoms with van der Waals surface area (Å²) in [6, 6.07) is 2.15. The van der Waals surface area contributed by atoms with Crippen molar-refractivity contribution in [3.63, 3.8) is 0 Å². The Labute approximate surface area is 112 Å². The van der Waals surface area contributed by atoms with Crippen molar-refractivity contribution in [2.75, 3.05) is 5.32 Å². The van der Waals surface area contributed by atoms with Gasteiger partial charge in [-0.25, -0.2) is 8.78 Å². The molecule has 0 aromatic heterocycles. The number of aryl methyl sites for hydroxylation is 1. The maximum Gasteiger partial charge on any atom is 0.441 e. The quantitative estimate of drug-likeness (QED) is 0.822. The summed E-state index contributed by atoms with van der Waals surface area (Å²) in [5.74, 6) is -3.78. The van der Waals surface area contributed by atoms with Crippen molar-refractivity contribution in [1.29, 1.82) is 0 Å². The van der Waals surface area contributed by atoms with Crippen LogP contribution in [0.3, 0.4) is 0 Å². The van der Waals surface area contributed by atoms with E-state index in [1.54, 1.807) is 0 Å². The molecule has 0 radical (unpaired) electrons. The van der Waals surface area contributed by atoms with Gasteiger partial charge in [0.1, 0.15) is 5.82 Å². The smallest absolute Gasteiger partial charge is 0.322 e. The molecule has 0 heterocycles. The Morgan fingerprint density at radius 3 is 1.86 bits per heavy atom. The van der Waals surface area contributed by atoms with Crippen LogP contribution in [0.15, 0.2) is 18.2 Å². The first-order chi connectivity index (χ1) is 9.30. The Kier molecular flexibility index (Phi) is 4.22. The van der Waals surface area contributed by atoms with E-state index >= 15 is 0 Å². The molecule has 0 spiro atoms. The van der Waals surface area contributed by atoms with Crippen LogP contribution in [0, 0.1) is 12.7 Å². The SMILES string of the molecule is Cc1cc(F)ccc1NC(=O)C(F)(C(F)(F)F)C(F)(F)F. The summed E-state index contributed by atoms with van der Waals surface area (Å²) in [6.45, 7) is 1.11. The Bertz CT molecular complexity index is 534. The lowest BCUT2D eigenvalue weighted by atomic mass is 10.0. The number of alkyl halides is 7. The third kappa shape index (κ3) is 3.08. The van der Waals surface area contributed by atoms with E-state index in [1.165, 1.54) is 5.32 Å². The molecule has 10 heteroatoms. The molecule has 0 saturated heterocycles. The Morgan fingerprint density at radius 1 is 1.00 bits per heavy atom. The lowest BCUT2D eigenvalue weighted by molar-refractivity contribution is -0.324. The van der Waals surface area contributed by atoms with Gasteiger partial charge in [0.15, 0.2) is 0 Å². The Balaban J connectivity index is 3.20. The molecule has 0 saturated carbocycles. The molecule has 0 bridgehead atoms. The van der Waals surface area contributed by atoms with Crippen molar-refractivity contribution in [3.05, 3.63) is 29.6 Å². The van der Waals surface area contributed by atoms with Crippen molar-refractivity contribution < 1.29 is 39.9 Å². The predicted octanol–water partition coefficient (Wildman–Crippen LogP) is 3.91. The van der Waals surface area contributed by atoms with Crippen LogP contribution in [0.5, 0.6) is 0 Å². The monoisotopic (exact) mass is 321 g/mol. The van der Waals surface area contributed by atoms with Gasteiger partial charge in [0.25, 0.3) is 5.91 Å². The number of halogens is 8. The normalized spacial score (nSPS) is 13.2. The Hall–Kier alpha value is -1.87. The van der Waals surface area contributed by atoms with Crippen molar-refractivity contribution in [2.24, 2.45) is 0 Å². The van der Waals surface area contributed by atoms with Gasteiger partial charge in [0, 0.05) is 5.69 Å². The van der Waals surface area contributed by atoms with Gasteiger partial charge >= 0.3 is 18.0 Å². The number of rotatable bonds is 2. The van der Waals surface area contributed by atoms with Gasteiger partial charge in [-0.15, -0.1) is 0 Å². The molecule has 0 atom stereocenters. The molecule has 1 amide bonds. The zero-order chi connectivity index (χ0) is 16.6. The minimum Gasteiger partial charge on any atom is -0.322 e. The van der Waals surface area contributed by atoms with E-state index in [2.05, 4.69) is 0 Å². The first-order valence-electron chi connectivity index (χ1n) is 5.20. The summed E-state index contributed by atoms with van der Waals surface area (Å²) < 4.78 is 99.9. The second-order valence-electron chi connectivity index (χ2n) is 4.07. The number of hydrogen-bond acceptors (Lipinski definition) is 1. The van der Waals surface area contributed by atoms with Crippen molar-refractivity contribution in [3.8, 4) is 0 Å². The average Bonchev–Trinajstić information content (AvgIpc) is 2.28. The van der Waals surface area contributed by atoms with Gasteiger partial charge in [0.05, 0.1) is 0 Å². The van der Waals surface area contributed by atoms with Crippen LogP contribution in [-0.4, -0.2) is 23.9 Å². The van der Waals surface area contributed by atoms with Gasteiger partial charge < -0.3 is 5.32 Å². The predicted molar refractivity (Wildman–Crippen MR) is 55.7 cm³/mol. The number of nitrogens with one attached hydrogen (secondary N) is 1. The molecule has 118 valence electrons. The molecule has 2 nitrogen and oxygen atoms in total. The topological polar surface area (TPSA) is 29.1 Å². The first-order valence-corrected chi connectivity index (χ1v) is 5.20. The van der Waals surface area contributed by atoms with Crippen LogP contribution in [0.4, 0.5) is 40.8 Å². The lowest BCUT2D eigenvalue weighted by Gasteiger charge is -2.28. The third-order valence-electron chi connectivity index (χ3n) is 2.53. The van der Waals surface area contributed by atoms with Gasteiger partial charge in [-0.3, -0.25) is 4.79 Å². The van der Waals surface area contributed by atoms with Crippen LogP contribution in [0.1, 0.15) is 5.56 Å². The highest BCUT2D eigenvalue weighted by molar-refractivity contribution is 5.99. The van der Waals surface area contributed by atoms with Crippen molar-refractivity contribution in [2.45, 2.75) is 24.9 Å². The lowest BCUT2D eigenvalue weighted by Crippen LogP contribution is -2.61. The third-order valence-corrected chi connectivity index (χ3v) is 2.53. The van der Waals surface area contributed by atoms with Crippen LogP contribution in [0.2, 0.25) is 0 Å². The molecule has 1 aromatic carbocycles. The molecule has 1 rings (SSSR count). The summed E-state index contributed by atoms with van der Waals surface area (Å²) >= 11 is 0. The molecular weight excluding hydrogens is 314 g/mol. The summed E-state index contributed by atoms with van der Waals surface area (Å²) in [6.07, 6.45) is -13.0. The summed E-state index contributed by atoms with van der Waals surface area (Å²) in [4.78, 5) is 11.1. The van der Waals surface area contributed by atoms with E-state index in [0.717, 1.165) is 19.1 Å². The van der Waals surface area contributed by atoms with Crippen LogP contribution < -0.4 is 5.32 Å². The number of anilines is 1. The van der Waals surface area contributed by atoms with Gasteiger partial charge in [-0.05, 0) is 30.7 Å². The highest BCUT2D eigenvalue weighted by atomic mass is 19.4. The summed E-state index contributed by atoms with van der Waals surface area (Å²) in [7, 11) is 0. The minimum atomic E-state index is -6.50. The zero-order valence-electron chi connectivity index (χ0n) is 10.2. The zero-order valence-corrected chi connectivity index (χ0v) is 10.2. The van der Waals surface area contributed by atoms with Crippen LogP contribution in [-0.2, 0) is 4.79 Å². The van der Waals surface area contributed by atoms with Crippen LogP contribution >= 0.6 is 0 Å². The fourth-order valence-electron chi connectivity index (χ4n) is 1.39. The maximum absolute atomic E-state index is 13.4. The fourth-order valence-corrected chi connectivity index (χ4v) is 1.39. The van der Waals surface area contributed by atoms with E-state index in [4.69, 9.17) is 0 Å². The number of benzene rings is 1.